The maximum Gasteiger partial charge on any atom is 0.0572 e. The summed E-state index contributed by atoms with van der Waals surface area (Å²) in [6.45, 7) is 0.930. The van der Waals surface area contributed by atoms with Crippen LogP contribution in [0.5, 0.6) is 0 Å². The third kappa shape index (κ3) is 3.98. The van der Waals surface area contributed by atoms with Crippen molar-refractivity contribution < 1.29 is 4.74 Å². The predicted octanol–water partition coefficient (Wildman–Crippen LogP) is 3.39. The molecular weight excluding hydrogens is 234 g/mol. The minimum atomic E-state index is 0.476. The molecule has 94 valence electrons. The second-order valence-corrected chi connectivity index (χ2v) is 5.15. The van der Waals surface area contributed by atoms with Crippen molar-refractivity contribution in [3.63, 3.8) is 0 Å². The van der Waals surface area contributed by atoms with Gasteiger partial charge in [0.2, 0.25) is 0 Å². The van der Waals surface area contributed by atoms with E-state index in [9.17, 15) is 0 Å². The lowest BCUT2D eigenvalue weighted by Gasteiger charge is -2.28. The molecule has 0 radical (unpaired) electrons. The van der Waals surface area contributed by atoms with E-state index in [1.807, 2.05) is 19.2 Å². The highest BCUT2D eigenvalue weighted by Crippen LogP contribution is 2.21. The number of benzene rings is 1. The summed E-state index contributed by atoms with van der Waals surface area (Å²) in [7, 11) is 1.81. The summed E-state index contributed by atoms with van der Waals surface area (Å²) < 4.78 is 5.37. The highest BCUT2D eigenvalue weighted by Gasteiger charge is 2.19. The minimum Gasteiger partial charge on any atom is -0.381 e. The zero-order valence-corrected chi connectivity index (χ0v) is 11.0. The van der Waals surface area contributed by atoms with Crippen LogP contribution < -0.4 is 5.32 Å². The third-order valence-electron chi connectivity index (χ3n) is 3.52. The van der Waals surface area contributed by atoms with Crippen molar-refractivity contribution in [1.29, 1.82) is 0 Å². The number of nitrogens with one attached hydrogen (secondary N) is 1. The van der Waals surface area contributed by atoms with Crippen LogP contribution in [0.4, 0.5) is 0 Å². The lowest BCUT2D eigenvalue weighted by Crippen LogP contribution is -2.34. The van der Waals surface area contributed by atoms with E-state index in [1.54, 1.807) is 0 Å². The number of hydrogen-bond donors (Lipinski definition) is 1. The molecule has 0 amide bonds. The maximum atomic E-state index is 5.86. The Morgan fingerprint density at radius 3 is 2.41 bits per heavy atom. The number of halogens is 1. The van der Waals surface area contributed by atoms with Gasteiger partial charge in [0.15, 0.2) is 0 Å². The van der Waals surface area contributed by atoms with Crippen LogP contribution in [0.3, 0.4) is 0 Å². The molecule has 2 nitrogen and oxygen atoms in total. The molecule has 1 N–H and O–H groups in total. The van der Waals surface area contributed by atoms with Gasteiger partial charge in [0.1, 0.15) is 0 Å². The molecule has 0 bridgehead atoms. The lowest BCUT2D eigenvalue weighted by molar-refractivity contribution is 0.0624. The summed E-state index contributed by atoms with van der Waals surface area (Å²) in [6, 6.07) is 8.68. The Morgan fingerprint density at radius 2 is 1.82 bits per heavy atom. The van der Waals surface area contributed by atoms with Crippen molar-refractivity contribution in [2.45, 2.75) is 44.4 Å². The lowest BCUT2D eigenvalue weighted by atomic mass is 9.93. The van der Waals surface area contributed by atoms with Gasteiger partial charge in [-0.2, -0.15) is 0 Å². The molecular formula is C14H20ClNO. The topological polar surface area (TPSA) is 21.3 Å². The summed E-state index contributed by atoms with van der Waals surface area (Å²) in [5, 5.41) is 4.40. The average Bonchev–Trinajstić information content (AvgIpc) is 2.39. The van der Waals surface area contributed by atoms with Crippen LogP contribution in [-0.4, -0.2) is 19.3 Å². The molecule has 1 aliphatic rings. The molecule has 0 unspecified atom stereocenters. The summed E-state index contributed by atoms with van der Waals surface area (Å²) in [5.41, 5.74) is 1.29. The molecule has 1 saturated carbocycles. The quantitative estimate of drug-likeness (QED) is 0.888. The van der Waals surface area contributed by atoms with Crippen LogP contribution >= 0.6 is 11.6 Å². The van der Waals surface area contributed by atoms with E-state index in [-0.39, 0.29) is 0 Å². The first-order valence-electron chi connectivity index (χ1n) is 6.28. The Hall–Kier alpha value is -0.570. The van der Waals surface area contributed by atoms with Gasteiger partial charge in [0.25, 0.3) is 0 Å². The number of hydrogen-bond acceptors (Lipinski definition) is 2. The van der Waals surface area contributed by atoms with E-state index in [0.29, 0.717) is 12.1 Å². The van der Waals surface area contributed by atoms with Gasteiger partial charge >= 0.3 is 0 Å². The fourth-order valence-electron chi connectivity index (χ4n) is 2.37. The van der Waals surface area contributed by atoms with Crippen LogP contribution in [0.15, 0.2) is 24.3 Å². The van der Waals surface area contributed by atoms with Gasteiger partial charge in [-0.25, -0.2) is 0 Å². The first-order chi connectivity index (χ1) is 8.28. The van der Waals surface area contributed by atoms with Gasteiger partial charge < -0.3 is 10.1 Å². The van der Waals surface area contributed by atoms with E-state index in [1.165, 1.54) is 31.2 Å². The Balaban J connectivity index is 1.74. The van der Waals surface area contributed by atoms with Gasteiger partial charge in [-0.3, -0.25) is 0 Å². The van der Waals surface area contributed by atoms with E-state index in [4.69, 9.17) is 16.3 Å². The second kappa shape index (κ2) is 6.39. The number of rotatable bonds is 4. The van der Waals surface area contributed by atoms with Gasteiger partial charge in [-0.1, -0.05) is 23.7 Å². The summed E-state index contributed by atoms with van der Waals surface area (Å²) >= 11 is 5.86. The molecule has 1 aromatic rings. The predicted molar refractivity (Wildman–Crippen MR) is 71.3 cm³/mol. The normalized spacial score (nSPS) is 24.8. The standard InChI is InChI=1S/C14H20ClNO/c1-17-14-8-6-13(7-9-14)16-10-11-2-4-12(15)5-3-11/h2-5,13-14,16H,6-10H2,1H3. The fraction of sp³-hybridized carbons (Fsp3) is 0.571. The zero-order chi connectivity index (χ0) is 12.1. The summed E-state index contributed by atoms with van der Waals surface area (Å²) in [6.07, 6.45) is 5.26. The molecule has 1 fully saturated rings. The summed E-state index contributed by atoms with van der Waals surface area (Å²) in [5.74, 6) is 0. The van der Waals surface area contributed by atoms with Crippen molar-refractivity contribution in [1.82, 2.24) is 5.32 Å². The fourth-order valence-corrected chi connectivity index (χ4v) is 2.49. The molecule has 1 aromatic carbocycles. The van der Waals surface area contributed by atoms with Crippen molar-refractivity contribution in [2.75, 3.05) is 7.11 Å². The van der Waals surface area contributed by atoms with E-state index < -0.39 is 0 Å². The Bertz CT molecular complexity index is 331. The highest BCUT2D eigenvalue weighted by atomic mass is 35.5. The van der Waals surface area contributed by atoms with Crippen LogP contribution in [0, 0.1) is 0 Å². The van der Waals surface area contributed by atoms with E-state index >= 15 is 0 Å². The molecule has 17 heavy (non-hydrogen) atoms. The molecule has 2 rings (SSSR count). The Labute approximate surface area is 108 Å². The van der Waals surface area contributed by atoms with Gasteiger partial charge in [0.05, 0.1) is 6.10 Å². The molecule has 0 spiro atoms. The van der Waals surface area contributed by atoms with Gasteiger partial charge in [-0.05, 0) is 43.4 Å². The largest absolute Gasteiger partial charge is 0.381 e. The molecule has 1 aliphatic carbocycles. The van der Waals surface area contributed by atoms with Gasteiger partial charge in [-0.15, -0.1) is 0 Å². The summed E-state index contributed by atoms with van der Waals surface area (Å²) in [4.78, 5) is 0. The van der Waals surface area contributed by atoms with Crippen LogP contribution in [0.1, 0.15) is 31.2 Å². The van der Waals surface area contributed by atoms with Crippen LogP contribution in [0.2, 0.25) is 5.02 Å². The number of methoxy groups -OCH3 is 1. The first kappa shape index (κ1) is 12.9. The zero-order valence-electron chi connectivity index (χ0n) is 10.3. The molecule has 0 heterocycles. The van der Waals surface area contributed by atoms with Crippen molar-refractivity contribution in [2.24, 2.45) is 0 Å². The SMILES string of the molecule is COC1CCC(NCc2ccc(Cl)cc2)CC1. The monoisotopic (exact) mass is 253 g/mol. The van der Waals surface area contributed by atoms with Crippen molar-refractivity contribution >= 4 is 11.6 Å². The average molecular weight is 254 g/mol. The molecule has 0 saturated heterocycles. The first-order valence-corrected chi connectivity index (χ1v) is 6.66. The van der Waals surface area contributed by atoms with E-state index in [2.05, 4.69) is 17.4 Å². The number of ether oxygens (including phenoxy) is 1. The van der Waals surface area contributed by atoms with Crippen molar-refractivity contribution in [3.8, 4) is 0 Å². The highest BCUT2D eigenvalue weighted by molar-refractivity contribution is 6.30. The van der Waals surface area contributed by atoms with Crippen LogP contribution in [0.25, 0.3) is 0 Å². The van der Waals surface area contributed by atoms with E-state index in [0.717, 1.165) is 11.6 Å². The molecule has 0 aromatic heterocycles. The smallest absolute Gasteiger partial charge is 0.0572 e. The second-order valence-electron chi connectivity index (χ2n) is 4.72. The minimum absolute atomic E-state index is 0.476. The maximum absolute atomic E-state index is 5.86. The van der Waals surface area contributed by atoms with Crippen molar-refractivity contribution in [3.05, 3.63) is 34.9 Å². The molecule has 0 atom stereocenters. The van der Waals surface area contributed by atoms with Gasteiger partial charge in [0, 0.05) is 24.7 Å². The Morgan fingerprint density at radius 1 is 1.18 bits per heavy atom. The van der Waals surface area contributed by atoms with Crippen LogP contribution in [-0.2, 0) is 11.3 Å². The molecule has 3 heteroatoms. The third-order valence-corrected chi connectivity index (χ3v) is 3.77. The molecule has 0 aliphatic heterocycles. The Kier molecular flexibility index (Phi) is 4.84.